The molecule has 0 aliphatic carbocycles. The van der Waals surface area contributed by atoms with Crippen molar-refractivity contribution in [2.45, 2.75) is 18.1 Å². The summed E-state index contributed by atoms with van der Waals surface area (Å²) in [5, 5.41) is 0. The standard InChI is InChI=1S/C12H14N2OS/c13-7-11-6-10(3-4-14-11)8-16-9-12-2-1-5-15-12/h1-6H,7-9,13H2. The number of rotatable bonds is 5. The molecule has 2 heterocycles. The third-order valence-corrected chi connectivity index (χ3v) is 3.21. The fourth-order valence-corrected chi connectivity index (χ4v) is 2.28. The summed E-state index contributed by atoms with van der Waals surface area (Å²) in [4.78, 5) is 4.16. The molecule has 2 aromatic heterocycles. The Morgan fingerprint density at radius 3 is 3.00 bits per heavy atom. The van der Waals surface area contributed by atoms with Gasteiger partial charge in [-0.2, -0.15) is 0 Å². The van der Waals surface area contributed by atoms with E-state index in [0.29, 0.717) is 6.54 Å². The summed E-state index contributed by atoms with van der Waals surface area (Å²) < 4.78 is 5.26. The van der Waals surface area contributed by atoms with Gasteiger partial charge in [0.25, 0.3) is 0 Å². The third kappa shape index (κ3) is 3.12. The number of furan rings is 1. The van der Waals surface area contributed by atoms with Gasteiger partial charge in [0.15, 0.2) is 0 Å². The third-order valence-electron chi connectivity index (χ3n) is 2.18. The largest absolute Gasteiger partial charge is 0.468 e. The van der Waals surface area contributed by atoms with Crippen LogP contribution in [0, 0.1) is 0 Å². The van der Waals surface area contributed by atoms with E-state index in [9.17, 15) is 0 Å². The van der Waals surface area contributed by atoms with Gasteiger partial charge in [0.05, 0.1) is 17.7 Å². The van der Waals surface area contributed by atoms with Crippen molar-refractivity contribution in [3.63, 3.8) is 0 Å². The van der Waals surface area contributed by atoms with Crippen molar-refractivity contribution in [1.29, 1.82) is 0 Å². The van der Waals surface area contributed by atoms with Gasteiger partial charge in [0, 0.05) is 18.5 Å². The quantitative estimate of drug-likeness (QED) is 0.864. The van der Waals surface area contributed by atoms with E-state index in [4.69, 9.17) is 10.2 Å². The molecule has 4 heteroatoms. The molecule has 0 aliphatic heterocycles. The van der Waals surface area contributed by atoms with Gasteiger partial charge >= 0.3 is 0 Å². The molecule has 0 saturated heterocycles. The Labute approximate surface area is 99.1 Å². The highest BCUT2D eigenvalue weighted by Crippen LogP contribution is 2.18. The number of hydrogen-bond donors (Lipinski definition) is 1. The van der Waals surface area contributed by atoms with Crippen molar-refractivity contribution in [3.8, 4) is 0 Å². The number of aromatic nitrogens is 1. The number of hydrogen-bond acceptors (Lipinski definition) is 4. The zero-order chi connectivity index (χ0) is 11.2. The first-order valence-corrected chi connectivity index (χ1v) is 6.28. The molecule has 0 radical (unpaired) electrons. The first-order valence-electron chi connectivity index (χ1n) is 5.12. The van der Waals surface area contributed by atoms with Crippen LogP contribution in [0.3, 0.4) is 0 Å². The molecule has 0 spiro atoms. The molecule has 2 N–H and O–H groups in total. The van der Waals surface area contributed by atoms with Gasteiger partial charge in [-0.1, -0.05) is 0 Å². The minimum atomic E-state index is 0.497. The van der Waals surface area contributed by atoms with Crippen LogP contribution in [0.1, 0.15) is 17.0 Å². The Morgan fingerprint density at radius 1 is 1.31 bits per heavy atom. The van der Waals surface area contributed by atoms with Gasteiger partial charge in [-0.15, -0.1) is 11.8 Å². The number of thioether (sulfide) groups is 1. The molecule has 2 rings (SSSR count). The topological polar surface area (TPSA) is 52.0 Å². The smallest absolute Gasteiger partial charge is 0.113 e. The van der Waals surface area contributed by atoms with Crippen molar-refractivity contribution >= 4 is 11.8 Å². The first kappa shape index (κ1) is 11.2. The van der Waals surface area contributed by atoms with E-state index in [2.05, 4.69) is 11.1 Å². The molecule has 84 valence electrons. The van der Waals surface area contributed by atoms with Gasteiger partial charge in [0.2, 0.25) is 0 Å². The monoisotopic (exact) mass is 234 g/mol. The van der Waals surface area contributed by atoms with Crippen molar-refractivity contribution < 1.29 is 4.42 Å². The number of nitrogens with zero attached hydrogens (tertiary/aromatic N) is 1. The van der Waals surface area contributed by atoms with Crippen LogP contribution in [-0.4, -0.2) is 4.98 Å². The normalized spacial score (nSPS) is 10.6. The van der Waals surface area contributed by atoms with Crippen LogP contribution in [0.2, 0.25) is 0 Å². The summed E-state index contributed by atoms with van der Waals surface area (Å²) in [6, 6.07) is 7.98. The van der Waals surface area contributed by atoms with Crippen LogP contribution in [0.5, 0.6) is 0 Å². The molecule has 0 unspecified atom stereocenters. The summed E-state index contributed by atoms with van der Waals surface area (Å²) in [7, 11) is 0. The van der Waals surface area contributed by atoms with Gasteiger partial charge in [-0.05, 0) is 29.8 Å². The van der Waals surface area contributed by atoms with Crippen LogP contribution < -0.4 is 5.73 Å². The highest BCUT2D eigenvalue weighted by molar-refractivity contribution is 7.97. The van der Waals surface area contributed by atoms with E-state index < -0.39 is 0 Å². The van der Waals surface area contributed by atoms with Crippen molar-refractivity contribution in [1.82, 2.24) is 4.98 Å². The van der Waals surface area contributed by atoms with E-state index in [0.717, 1.165) is 23.0 Å². The minimum absolute atomic E-state index is 0.497. The Bertz CT molecular complexity index is 428. The number of nitrogens with two attached hydrogens (primary N) is 1. The molecule has 0 atom stereocenters. The van der Waals surface area contributed by atoms with Crippen molar-refractivity contribution in [2.24, 2.45) is 5.73 Å². The lowest BCUT2D eigenvalue weighted by Gasteiger charge is -2.02. The molecular weight excluding hydrogens is 220 g/mol. The Hall–Kier alpha value is -1.26. The van der Waals surface area contributed by atoms with E-state index in [1.165, 1.54) is 5.56 Å². The van der Waals surface area contributed by atoms with Crippen LogP contribution in [-0.2, 0) is 18.1 Å². The molecule has 0 amide bonds. The molecular formula is C12H14N2OS. The zero-order valence-electron chi connectivity index (χ0n) is 8.93. The maximum atomic E-state index is 5.54. The van der Waals surface area contributed by atoms with Crippen LogP contribution in [0.15, 0.2) is 41.1 Å². The maximum Gasteiger partial charge on any atom is 0.113 e. The first-order chi connectivity index (χ1) is 7.88. The van der Waals surface area contributed by atoms with E-state index in [-0.39, 0.29) is 0 Å². The molecule has 0 fully saturated rings. The highest BCUT2D eigenvalue weighted by Gasteiger charge is 1.99. The predicted octanol–water partition coefficient (Wildman–Crippen LogP) is 2.57. The van der Waals surface area contributed by atoms with Gasteiger partial charge in [0.1, 0.15) is 5.76 Å². The Balaban J connectivity index is 1.85. The van der Waals surface area contributed by atoms with Gasteiger partial charge in [-0.25, -0.2) is 0 Å². The van der Waals surface area contributed by atoms with E-state index in [1.54, 1.807) is 6.26 Å². The van der Waals surface area contributed by atoms with Crippen molar-refractivity contribution in [2.75, 3.05) is 0 Å². The molecule has 0 bridgehead atoms. The Morgan fingerprint density at radius 2 is 2.25 bits per heavy atom. The minimum Gasteiger partial charge on any atom is -0.468 e. The predicted molar refractivity (Wildman–Crippen MR) is 65.8 cm³/mol. The average Bonchev–Trinajstić information content (AvgIpc) is 2.82. The molecule has 3 nitrogen and oxygen atoms in total. The second-order valence-corrected chi connectivity index (χ2v) is 4.42. The average molecular weight is 234 g/mol. The summed E-state index contributed by atoms with van der Waals surface area (Å²) in [5.41, 5.74) is 7.74. The van der Waals surface area contributed by atoms with Crippen molar-refractivity contribution in [3.05, 3.63) is 53.7 Å². The van der Waals surface area contributed by atoms with Gasteiger partial charge in [-0.3, -0.25) is 4.98 Å². The second-order valence-electron chi connectivity index (χ2n) is 3.43. The molecule has 2 aromatic rings. The van der Waals surface area contributed by atoms with Crippen LogP contribution >= 0.6 is 11.8 Å². The second kappa shape index (κ2) is 5.72. The summed E-state index contributed by atoms with van der Waals surface area (Å²) in [5.74, 6) is 2.86. The lowest BCUT2D eigenvalue weighted by molar-refractivity contribution is 0.530. The lowest BCUT2D eigenvalue weighted by atomic mass is 10.2. The molecule has 0 aromatic carbocycles. The summed E-state index contributed by atoms with van der Waals surface area (Å²) in [6.45, 7) is 0.497. The SMILES string of the molecule is NCc1cc(CSCc2ccco2)ccn1. The van der Waals surface area contributed by atoms with Crippen LogP contribution in [0.25, 0.3) is 0 Å². The van der Waals surface area contributed by atoms with Gasteiger partial charge < -0.3 is 10.2 Å². The summed E-state index contributed by atoms with van der Waals surface area (Å²) in [6.07, 6.45) is 3.51. The number of pyridine rings is 1. The highest BCUT2D eigenvalue weighted by atomic mass is 32.2. The molecule has 16 heavy (non-hydrogen) atoms. The van der Waals surface area contributed by atoms with E-state index >= 15 is 0 Å². The maximum absolute atomic E-state index is 5.54. The lowest BCUT2D eigenvalue weighted by Crippen LogP contribution is -1.99. The Kier molecular flexibility index (Phi) is 4.02. The molecule has 0 saturated carbocycles. The van der Waals surface area contributed by atoms with Crippen LogP contribution in [0.4, 0.5) is 0 Å². The fourth-order valence-electron chi connectivity index (χ4n) is 1.39. The fraction of sp³-hybridized carbons (Fsp3) is 0.250. The summed E-state index contributed by atoms with van der Waals surface area (Å²) >= 11 is 1.82. The zero-order valence-corrected chi connectivity index (χ0v) is 9.74. The van der Waals surface area contributed by atoms with E-state index in [1.807, 2.05) is 36.2 Å². The molecule has 0 aliphatic rings.